The summed E-state index contributed by atoms with van der Waals surface area (Å²) >= 11 is 1.55. The van der Waals surface area contributed by atoms with Crippen molar-refractivity contribution in [3.05, 3.63) is 47.4 Å². The highest BCUT2D eigenvalue weighted by Crippen LogP contribution is 2.24. The van der Waals surface area contributed by atoms with Gasteiger partial charge in [0.05, 0.1) is 13.7 Å². The monoisotopic (exact) mass is 277 g/mol. The molecule has 0 unspecified atom stereocenters. The van der Waals surface area contributed by atoms with E-state index >= 15 is 0 Å². The van der Waals surface area contributed by atoms with Crippen molar-refractivity contribution < 1.29 is 9.13 Å². The fraction of sp³-hybridized carbons (Fsp3) is 0.154. The van der Waals surface area contributed by atoms with Crippen molar-refractivity contribution in [3.63, 3.8) is 0 Å². The number of halogens is 1. The Morgan fingerprint density at radius 2 is 2.37 bits per heavy atom. The Hall–Kier alpha value is -2.08. The van der Waals surface area contributed by atoms with Crippen LogP contribution in [-0.2, 0) is 6.54 Å². The SMILES string of the molecule is COc1nc2sccn2c1CNc1cccc(F)c1. The first kappa shape index (κ1) is 12.0. The van der Waals surface area contributed by atoms with E-state index in [1.165, 1.54) is 12.1 Å². The molecule has 0 amide bonds. The van der Waals surface area contributed by atoms with Crippen LogP contribution in [0.4, 0.5) is 10.1 Å². The molecule has 0 saturated carbocycles. The van der Waals surface area contributed by atoms with Crippen molar-refractivity contribution in [2.75, 3.05) is 12.4 Å². The molecule has 0 spiro atoms. The molecule has 1 aromatic carbocycles. The van der Waals surface area contributed by atoms with E-state index < -0.39 is 0 Å². The van der Waals surface area contributed by atoms with Crippen LogP contribution in [0.2, 0.25) is 0 Å². The smallest absolute Gasteiger partial charge is 0.238 e. The van der Waals surface area contributed by atoms with E-state index in [2.05, 4.69) is 10.3 Å². The van der Waals surface area contributed by atoms with Gasteiger partial charge in [-0.25, -0.2) is 4.39 Å². The molecule has 98 valence electrons. The van der Waals surface area contributed by atoms with Crippen LogP contribution < -0.4 is 10.1 Å². The summed E-state index contributed by atoms with van der Waals surface area (Å²) in [6.07, 6.45) is 1.94. The van der Waals surface area contributed by atoms with Crippen molar-refractivity contribution in [1.82, 2.24) is 9.38 Å². The van der Waals surface area contributed by atoms with Crippen LogP contribution in [-0.4, -0.2) is 16.5 Å². The van der Waals surface area contributed by atoms with E-state index in [1.54, 1.807) is 24.5 Å². The second-order valence-corrected chi connectivity index (χ2v) is 4.86. The number of nitrogens with one attached hydrogen (secondary N) is 1. The van der Waals surface area contributed by atoms with Crippen LogP contribution >= 0.6 is 11.3 Å². The fourth-order valence-corrected chi connectivity index (χ4v) is 2.65. The highest BCUT2D eigenvalue weighted by Gasteiger charge is 2.13. The van der Waals surface area contributed by atoms with E-state index in [1.807, 2.05) is 22.0 Å². The number of rotatable bonds is 4. The number of imidazole rings is 1. The Morgan fingerprint density at radius 1 is 1.47 bits per heavy atom. The van der Waals surface area contributed by atoms with Gasteiger partial charge in [0.25, 0.3) is 0 Å². The molecule has 0 aliphatic carbocycles. The van der Waals surface area contributed by atoms with Gasteiger partial charge in [-0.1, -0.05) is 6.07 Å². The molecule has 3 rings (SSSR count). The molecule has 4 nitrogen and oxygen atoms in total. The minimum atomic E-state index is -0.258. The summed E-state index contributed by atoms with van der Waals surface area (Å²) in [5, 5.41) is 5.13. The van der Waals surface area contributed by atoms with E-state index in [0.717, 1.165) is 16.3 Å². The van der Waals surface area contributed by atoms with Gasteiger partial charge in [0, 0.05) is 17.3 Å². The largest absolute Gasteiger partial charge is 0.480 e. The Labute approximate surface area is 113 Å². The summed E-state index contributed by atoms with van der Waals surface area (Å²) in [6, 6.07) is 6.37. The lowest BCUT2D eigenvalue weighted by molar-refractivity contribution is 0.395. The zero-order valence-electron chi connectivity index (χ0n) is 10.3. The molecule has 0 aliphatic rings. The quantitative estimate of drug-likeness (QED) is 0.796. The van der Waals surface area contributed by atoms with Crippen molar-refractivity contribution in [2.24, 2.45) is 0 Å². The van der Waals surface area contributed by atoms with Crippen molar-refractivity contribution in [1.29, 1.82) is 0 Å². The van der Waals surface area contributed by atoms with Crippen LogP contribution in [0.15, 0.2) is 35.8 Å². The summed E-state index contributed by atoms with van der Waals surface area (Å²) in [7, 11) is 1.60. The molecule has 1 N–H and O–H groups in total. The third-order valence-electron chi connectivity index (χ3n) is 2.80. The predicted octanol–water partition coefficient (Wildman–Crippen LogP) is 3.16. The molecular weight excluding hydrogens is 265 g/mol. The average molecular weight is 277 g/mol. The maximum atomic E-state index is 13.1. The molecule has 0 fully saturated rings. The van der Waals surface area contributed by atoms with Gasteiger partial charge in [-0.15, -0.1) is 11.3 Å². The highest BCUT2D eigenvalue weighted by atomic mass is 32.1. The summed E-state index contributed by atoms with van der Waals surface area (Å²) in [6.45, 7) is 0.518. The third kappa shape index (κ3) is 2.26. The summed E-state index contributed by atoms with van der Waals surface area (Å²) < 4.78 is 20.3. The molecule has 2 heterocycles. The number of thiazole rings is 1. The van der Waals surface area contributed by atoms with Crippen LogP contribution in [0.5, 0.6) is 5.88 Å². The fourth-order valence-electron chi connectivity index (χ4n) is 1.92. The number of anilines is 1. The Morgan fingerprint density at radius 3 is 3.16 bits per heavy atom. The number of fused-ring (bicyclic) bond motifs is 1. The van der Waals surface area contributed by atoms with Gasteiger partial charge in [0.15, 0.2) is 4.96 Å². The van der Waals surface area contributed by atoms with E-state index in [0.29, 0.717) is 12.4 Å². The Balaban J connectivity index is 1.86. The molecule has 3 aromatic rings. The van der Waals surface area contributed by atoms with Crippen LogP contribution in [0.1, 0.15) is 5.69 Å². The minimum absolute atomic E-state index is 0.258. The van der Waals surface area contributed by atoms with E-state index in [9.17, 15) is 4.39 Å². The molecular formula is C13H12FN3OS. The van der Waals surface area contributed by atoms with Crippen LogP contribution in [0.25, 0.3) is 4.96 Å². The molecule has 0 aliphatic heterocycles. The lowest BCUT2D eigenvalue weighted by Gasteiger charge is -2.07. The van der Waals surface area contributed by atoms with Gasteiger partial charge >= 0.3 is 0 Å². The number of methoxy groups -OCH3 is 1. The van der Waals surface area contributed by atoms with Crippen molar-refractivity contribution in [2.45, 2.75) is 6.54 Å². The Kier molecular flexibility index (Phi) is 3.08. The maximum Gasteiger partial charge on any atom is 0.238 e. The summed E-state index contributed by atoms with van der Waals surface area (Å²) in [5.41, 5.74) is 1.65. The van der Waals surface area contributed by atoms with Gasteiger partial charge < -0.3 is 10.1 Å². The number of hydrogen-bond donors (Lipinski definition) is 1. The molecule has 0 bridgehead atoms. The molecule has 0 radical (unpaired) electrons. The van der Waals surface area contributed by atoms with Gasteiger partial charge in [0.1, 0.15) is 11.5 Å². The maximum absolute atomic E-state index is 13.1. The molecule has 2 aromatic heterocycles. The first-order valence-corrected chi connectivity index (χ1v) is 6.64. The molecule has 19 heavy (non-hydrogen) atoms. The molecule has 6 heteroatoms. The number of hydrogen-bond acceptors (Lipinski definition) is 4. The zero-order valence-corrected chi connectivity index (χ0v) is 11.1. The van der Waals surface area contributed by atoms with Gasteiger partial charge in [-0.2, -0.15) is 4.98 Å². The first-order chi connectivity index (χ1) is 9.28. The van der Waals surface area contributed by atoms with Crippen molar-refractivity contribution in [3.8, 4) is 5.88 Å². The normalized spacial score (nSPS) is 10.8. The second-order valence-electron chi connectivity index (χ2n) is 3.99. The van der Waals surface area contributed by atoms with Gasteiger partial charge in [-0.3, -0.25) is 4.40 Å². The molecule has 0 atom stereocenters. The van der Waals surface area contributed by atoms with Gasteiger partial charge in [-0.05, 0) is 18.2 Å². The number of aromatic nitrogens is 2. The van der Waals surface area contributed by atoms with E-state index in [-0.39, 0.29) is 5.82 Å². The minimum Gasteiger partial charge on any atom is -0.480 e. The topological polar surface area (TPSA) is 38.6 Å². The number of benzene rings is 1. The predicted molar refractivity (Wildman–Crippen MR) is 73.3 cm³/mol. The second kappa shape index (κ2) is 4.89. The first-order valence-electron chi connectivity index (χ1n) is 5.76. The number of ether oxygens (including phenoxy) is 1. The highest BCUT2D eigenvalue weighted by molar-refractivity contribution is 7.15. The Bertz CT molecular complexity index is 707. The number of nitrogens with zero attached hydrogens (tertiary/aromatic N) is 2. The van der Waals surface area contributed by atoms with Crippen LogP contribution in [0.3, 0.4) is 0 Å². The van der Waals surface area contributed by atoms with E-state index in [4.69, 9.17) is 4.74 Å². The average Bonchev–Trinajstić information content (AvgIpc) is 2.96. The third-order valence-corrected chi connectivity index (χ3v) is 3.56. The van der Waals surface area contributed by atoms with Crippen LogP contribution in [0, 0.1) is 5.82 Å². The lowest BCUT2D eigenvalue weighted by Crippen LogP contribution is -2.03. The standard InChI is InChI=1S/C13H12FN3OS/c1-18-12-11(17-5-6-19-13(17)16-12)8-15-10-4-2-3-9(14)7-10/h2-7,15H,8H2,1H3. The zero-order chi connectivity index (χ0) is 13.2. The van der Waals surface area contributed by atoms with Crippen molar-refractivity contribution >= 4 is 22.0 Å². The van der Waals surface area contributed by atoms with Gasteiger partial charge in [0.2, 0.25) is 5.88 Å². The summed E-state index contributed by atoms with van der Waals surface area (Å²) in [4.78, 5) is 5.25. The summed E-state index contributed by atoms with van der Waals surface area (Å²) in [5.74, 6) is 0.335. The lowest BCUT2D eigenvalue weighted by atomic mass is 10.3. The molecule has 0 saturated heterocycles.